The summed E-state index contributed by atoms with van der Waals surface area (Å²) in [5.74, 6) is -2.54. The molecule has 0 saturated carbocycles. The first-order chi connectivity index (χ1) is 13.1. The second-order valence-electron chi connectivity index (χ2n) is 6.72. The van der Waals surface area contributed by atoms with Crippen molar-refractivity contribution in [3.8, 4) is 9.75 Å². The molecule has 7 nitrogen and oxygen atoms in total. The van der Waals surface area contributed by atoms with Gasteiger partial charge in [-0.15, -0.1) is 11.3 Å². The molecule has 0 aromatic carbocycles. The first kappa shape index (κ1) is 16.9. The van der Waals surface area contributed by atoms with Crippen molar-refractivity contribution < 1.29 is 19.1 Å². The number of thiazole rings is 1. The van der Waals surface area contributed by atoms with Crippen LogP contribution in [0.3, 0.4) is 0 Å². The molecule has 140 valence electrons. The van der Waals surface area contributed by atoms with Crippen LogP contribution in [0.4, 0.5) is 5.13 Å². The molecule has 4 aliphatic heterocycles. The van der Waals surface area contributed by atoms with Gasteiger partial charge in [0.1, 0.15) is 6.54 Å². The average molecular weight is 403 g/mol. The molecular weight excluding hydrogens is 386 g/mol. The number of thiophene rings is 1. The molecule has 2 bridgehead atoms. The van der Waals surface area contributed by atoms with E-state index in [2.05, 4.69) is 16.0 Å². The molecule has 0 aliphatic carbocycles. The summed E-state index contributed by atoms with van der Waals surface area (Å²) in [5, 5.41) is 2.90. The maximum absolute atomic E-state index is 12.1. The van der Waals surface area contributed by atoms with Crippen molar-refractivity contribution in [2.75, 3.05) is 24.5 Å². The monoisotopic (exact) mass is 403 g/mol. The van der Waals surface area contributed by atoms with Crippen LogP contribution in [-0.4, -0.2) is 53.4 Å². The highest BCUT2D eigenvalue weighted by molar-refractivity contribution is 7.23. The van der Waals surface area contributed by atoms with Gasteiger partial charge in [-0.25, -0.2) is 19.5 Å². The highest BCUT2D eigenvalue weighted by Gasteiger charge is 2.53. The number of hydrogen-bond donors (Lipinski definition) is 0. The van der Waals surface area contributed by atoms with Crippen LogP contribution in [0.25, 0.3) is 9.75 Å². The van der Waals surface area contributed by atoms with Crippen LogP contribution >= 0.6 is 22.7 Å². The van der Waals surface area contributed by atoms with E-state index in [1.807, 2.05) is 22.5 Å². The number of ether oxygens (including phenoxy) is 2. The predicted octanol–water partition coefficient (Wildman–Crippen LogP) is 2.47. The van der Waals surface area contributed by atoms with E-state index in [0.717, 1.165) is 35.0 Å². The first-order valence-corrected chi connectivity index (χ1v) is 10.5. The van der Waals surface area contributed by atoms with Crippen molar-refractivity contribution in [3.05, 3.63) is 35.9 Å². The summed E-state index contributed by atoms with van der Waals surface area (Å²) in [7, 11) is 0. The number of fused-ring (bicyclic) bond motifs is 3. The summed E-state index contributed by atoms with van der Waals surface area (Å²) >= 11 is 3.28. The second kappa shape index (κ2) is 6.43. The summed E-state index contributed by atoms with van der Waals surface area (Å²) < 4.78 is 11.3. The molecule has 0 N–H and O–H groups in total. The molecule has 6 heterocycles. The number of carbonyl (C=O) groups is 2. The Balaban J connectivity index is 1.51. The highest BCUT2D eigenvalue weighted by atomic mass is 32.1. The van der Waals surface area contributed by atoms with Gasteiger partial charge in [0.25, 0.3) is 0 Å². The molecule has 3 fully saturated rings. The standard InChI is InChI=1S/C18H17N3O4S2/c22-15-3-4-16(23)25-18(24-15)11-21(12-5-7-20(18)8-6-12)17-19-10-14(27-17)13-2-1-9-26-13/h1-4,9-10,12H,5-8,11H2. The summed E-state index contributed by atoms with van der Waals surface area (Å²) in [6.07, 6.45) is 5.93. The van der Waals surface area contributed by atoms with Crippen molar-refractivity contribution in [1.82, 2.24) is 9.88 Å². The average Bonchev–Trinajstić information content (AvgIpc) is 3.29. The first-order valence-electron chi connectivity index (χ1n) is 8.78. The fourth-order valence-electron chi connectivity index (χ4n) is 3.85. The van der Waals surface area contributed by atoms with Crippen LogP contribution in [0, 0.1) is 0 Å². The van der Waals surface area contributed by atoms with E-state index in [1.54, 1.807) is 22.7 Å². The summed E-state index contributed by atoms with van der Waals surface area (Å²) in [4.78, 5) is 35.2. The molecular formula is C18H17N3O4S2. The lowest BCUT2D eigenvalue weighted by molar-refractivity contribution is -0.274. The van der Waals surface area contributed by atoms with Crippen LogP contribution < -0.4 is 4.90 Å². The van der Waals surface area contributed by atoms with Gasteiger partial charge in [-0.3, -0.25) is 0 Å². The van der Waals surface area contributed by atoms with Crippen LogP contribution in [0.1, 0.15) is 12.8 Å². The Bertz CT molecular complexity index is 880. The topological polar surface area (TPSA) is 72.0 Å². The Kier molecular flexibility index (Phi) is 4.03. The van der Waals surface area contributed by atoms with Gasteiger partial charge in [0, 0.05) is 42.4 Å². The maximum atomic E-state index is 12.1. The van der Waals surface area contributed by atoms with Crippen molar-refractivity contribution in [2.45, 2.75) is 24.8 Å². The van der Waals surface area contributed by atoms with Crippen LogP contribution in [0.15, 0.2) is 35.9 Å². The van der Waals surface area contributed by atoms with Crippen LogP contribution in [0.2, 0.25) is 0 Å². The van der Waals surface area contributed by atoms with Crippen LogP contribution in [-0.2, 0) is 19.1 Å². The molecule has 2 aromatic rings. The SMILES string of the molecule is O=C1C=CC(=O)OC2(CN(c3ncc(-c4cccs4)s3)C3CCN2CC3)O1. The van der Waals surface area contributed by atoms with Gasteiger partial charge in [-0.2, -0.15) is 0 Å². The van der Waals surface area contributed by atoms with E-state index in [-0.39, 0.29) is 12.6 Å². The number of aromatic nitrogens is 1. The molecule has 0 radical (unpaired) electrons. The lowest BCUT2D eigenvalue weighted by atomic mass is 10.1. The molecule has 0 amide bonds. The number of piperidine rings is 1. The molecule has 4 aliphatic rings. The van der Waals surface area contributed by atoms with Crippen LogP contribution in [0.5, 0.6) is 0 Å². The number of hydrogen-bond acceptors (Lipinski definition) is 9. The molecule has 27 heavy (non-hydrogen) atoms. The zero-order chi connectivity index (χ0) is 18.4. The Morgan fingerprint density at radius 3 is 2.52 bits per heavy atom. The van der Waals surface area contributed by atoms with Gasteiger partial charge in [-0.1, -0.05) is 17.4 Å². The van der Waals surface area contributed by atoms with Gasteiger partial charge < -0.3 is 14.4 Å². The summed E-state index contributed by atoms with van der Waals surface area (Å²) in [5.41, 5.74) is 0. The molecule has 3 saturated heterocycles. The van der Waals surface area contributed by atoms with Gasteiger partial charge in [0.05, 0.1) is 4.88 Å². The molecule has 0 unspecified atom stereocenters. The zero-order valence-electron chi connectivity index (χ0n) is 14.4. The van der Waals surface area contributed by atoms with Gasteiger partial charge in [-0.05, 0) is 24.3 Å². The van der Waals surface area contributed by atoms with Gasteiger partial charge in [0.2, 0.25) is 0 Å². The second-order valence-corrected chi connectivity index (χ2v) is 8.68. The Labute approximate surface area is 163 Å². The predicted molar refractivity (Wildman–Crippen MR) is 101 cm³/mol. The number of carbonyl (C=O) groups excluding carboxylic acids is 2. The Hall–Kier alpha value is -2.23. The number of nitrogens with zero attached hydrogens (tertiary/aromatic N) is 3. The lowest BCUT2D eigenvalue weighted by Crippen LogP contribution is -2.58. The minimum Gasteiger partial charge on any atom is -0.403 e. The largest absolute Gasteiger partial charge is 0.403 e. The quantitative estimate of drug-likeness (QED) is 0.713. The number of rotatable bonds is 2. The van der Waals surface area contributed by atoms with E-state index in [1.165, 1.54) is 4.88 Å². The molecule has 9 heteroatoms. The number of esters is 2. The zero-order valence-corrected chi connectivity index (χ0v) is 16.0. The third kappa shape index (κ3) is 2.95. The fraction of sp³-hybridized carbons (Fsp3) is 0.389. The Morgan fingerprint density at radius 2 is 1.85 bits per heavy atom. The van der Waals surface area contributed by atoms with Crippen molar-refractivity contribution in [1.29, 1.82) is 0 Å². The van der Waals surface area contributed by atoms with Crippen molar-refractivity contribution in [3.63, 3.8) is 0 Å². The smallest absolute Gasteiger partial charge is 0.339 e. The molecule has 6 rings (SSSR count). The number of anilines is 1. The van der Waals surface area contributed by atoms with E-state index in [0.29, 0.717) is 13.1 Å². The summed E-state index contributed by atoms with van der Waals surface area (Å²) in [6, 6.07) is 4.37. The molecule has 2 aromatic heterocycles. The molecule has 0 atom stereocenters. The van der Waals surface area contributed by atoms with Crippen molar-refractivity contribution in [2.24, 2.45) is 0 Å². The van der Waals surface area contributed by atoms with Gasteiger partial charge in [0.15, 0.2) is 5.13 Å². The summed E-state index contributed by atoms with van der Waals surface area (Å²) in [6.45, 7) is 1.66. The fourth-order valence-corrected chi connectivity index (χ4v) is 5.66. The third-order valence-corrected chi connectivity index (χ3v) is 7.24. The van der Waals surface area contributed by atoms with E-state index < -0.39 is 17.8 Å². The normalized spacial score (nSPS) is 26.6. The lowest BCUT2D eigenvalue weighted by Gasteiger charge is -2.39. The van der Waals surface area contributed by atoms with E-state index >= 15 is 0 Å². The van der Waals surface area contributed by atoms with E-state index in [9.17, 15) is 9.59 Å². The maximum Gasteiger partial charge on any atom is 0.339 e. The van der Waals surface area contributed by atoms with E-state index in [4.69, 9.17) is 9.47 Å². The Morgan fingerprint density at radius 1 is 1.11 bits per heavy atom. The molecule has 1 spiro atoms. The third-order valence-electron chi connectivity index (χ3n) is 5.14. The van der Waals surface area contributed by atoms with Crippen molar-refractivity contribution >= 4 is 39.7 Å². The minimum atomic E-state index is -1.41. The minimum absolute atomic E-state index is 0.258. The highest BCUT2D eigenvalue weighted by Crippen LogP contribution is 2.40. The van der Waals surface area contributed by atoms with Gasteiger partial charge >= 0.3 is 17.8 Å².